The molecule has 0 spiro atoms. The minimum Gasteiger partial charge on any atom is -0.480 e. The highest BCUT2D eigenvalue weighted by Gasteiger charge is 2.20. The van der Waals surface area contributed by atoms with Crippen LogP contribution in [0.15, 0.2) is 24.3 Å². The van der Waals surface area contributed by atoms with Gasteiger partial charge in [-0.05, 0) is 14.0 Å². The molecule has 1 aromatic rings. The number of aliphatic carboxylic acids is 1. The highest BCUT2D eigenvalue weighted by Crippen LogP contribution is 2.19. The summed E-state index contributed by atoms with van der Waals surface area (Å²) < 4.78 is 0. The highest BCUT2D eigenvalue weighted by atomic mass is 16.6. The van der Waals surface area contributed by atoms with Crippen molar-refractivity contribution >= 4 is 11.7 Å². The number of para-hydroxylation sites is 1. The average molecular weight is 238 g/mol. The van der Waals surface area contributed by atoms with Crippen LogP contribution in [0.3, 0.4) is 0 Å². The average Bonchev–Trinajstić information content (AvgIpc) is 2.28. The predicted molar refractivity (Wildman–Crippen MR) is 61.7 cm³/mol. The molecule has 0 aromatic heterocycles. The predicted octanol–water partition coefficient (Wildman–Crippen LogP) is 1.50. The van der Waals surface area contributed by atoms with Crippen LogP contribution in [0, 0.1) is 10.1 Å². The zero-order valence-electron chi connectivity index (χ0n) is 9.66. The minimum atomic E-state index is -0.953. The van der Waals surface area contributed by atoms with Gasteiger partial charge in [-0.2, -0.15) is 0 Å². The van der Waals surface area contributed by atoms with E-state index in [4.69, 9.17) is 5.11 Å². The third-order valence-electron chi connectivity index (χ3n) is 2.63. The summed E-state index contributed by atoms with van der Waals surface area (Å²) in [5.74, 6) is -0.953. The van der Waals surface area contributed by atoms with Crippen LogP contribution >= 0.6 is 0 Å². The number of nitro groups is 1. The maximum atomic E-state index is 10.8. The van der Waals surface area contributed by atoms with E-state index < -0.39 is 16.9 Å². The summed E-state index contributed by atoms with van der Waals surface area (Å²) in [5, 5.41) is 19.6. The van der Waals surface area contributed by atoms with Gasteiger partial charge in [-0.25, -0.2) is 0 Å². The summed E-state index contributed by atoms with van der Waals surface area (Å²) in [4.78, 5) is 22.6. The van der Waals surface area contributed by atoms with Crippen molar-refractivity contribution < 1.29 is 14.8 Å². The number of carboxylic acid groups (broad SMARTS) is 1. The van der Waals surface area contributed by atoms with Crippen molar-refractivity contribution in [1.82, 2.24) is 4.90 Å². The summed E-state index contributed by atoms with van der Waals surface area (Å²) in [6, 6.07) is 5.64. The van der Waals surface area contributed by atoms with Crippen LogP contribution in [0.2, 0.25) is 0 Å². The molecule has 0 bridgehead atoms. The molecule has 0 saturated heterocycles. The van der Waals surface area contributed by atoms with Crippen LogP contribution in [0.25, 0.3) is 0 Å². The molecule has 0 amide bonds. The molecule has 1 atom stereocenters. The Morgan fingerprint density at radius 3 is 2.65 bits per heavy atom. The first-order valence-corrected chi connectivity index (χ1v) is 5.09. The van der Waals surface area contributed by atoms with E-state index in [2.05, 4.69) is 0 Å². The number of hydrogen-bond acceptors (Lipinski definition) is 4. The molecule has 0 aliphatic carbocycles. The summed E-state index contributed by atoms with van der Waals surface area (Å²) >= 11 is 0. The second kappa shape index (κ2) is 5.40. The molecule has 1 N–H and O–H groups in total. The number of benzene rings is 1. The van der Waals surface area contributed by atoms with Gasteiger partial charge in [0.1, 0.15) is 6.04 Å². The molecule has 17 heavy (non-hydrogen) atoms. The van der Waals surface area contributed by atoms with E-state index >= 15 is 0 Å². The third kappa shape index (κ3) is 3.25. The van der Waals surface area contributed by atoms with Crippen LogP contribution in [-0.4, -0.2) is 34.0 Å². The maximum Gasteiger partial charge on any atom is 0.320 e. The lowest BCUT2D eigenvalue weighted by Gasteiger charge is -2.20. The SMILES string of the molecule is CC(C(=O)O)N(C)Cc1ccccc1[N+](=O)[O-]. The van der Waals surface area contributed by atoms with Crippen molar-refractivity contribution in [3.8, 4) is 0 Å². The van der Waals surface area contributed by atoms with E-state index in [0.29, 0.717) is 5.56 Å². The van der Waals surface area contributed by atoms with Gasteiger partial charge in [0.15, 0.2) is 0 Å². The molecule has 0 aliphatic rings. The van der Waals surface area contributed by atoms with Crippen LogP contribution in [0.4, 0.5) is 5.69 Å². The first-order valence-electron chi connectivity index (χ1n) is 5.09. The molecule has 0 radical (unpaired) electrons. The smallest absolute Gasteiger partial charge is 0.320 e. The summed E-state index contributed by atoms with van der Waals surface area (Å²) in [6.07, 6.45) is 0. The van der Waals surface area contributed by atoms with E-state index in [1.54, 1.807) is 30.1 Å². The van der Waals surface area contributed by atoms with E-state index in [9.17, 15) is 14.9 Å². The zero-order valence-corrected chi connectivity index (χ0v) is 9.66. The lowest BCUT2D eigenvalue weighted by molar-refractivity contribution is -0.385. The normalized spacial score (nSPS) is 12.4. The first-order chi connectivity index (χ1) is 7.93. The van der Waals surface area contributed by atoms with Crippen LogP contribution in [0.5, 0.6) is 0 Å². The topological polar surface area (TPSA) is 83.7 Å². The number of likely N-dealkylation sites (N-methyl/N-ethyl adjacent to an activating group) is 1. The zero-order chi connectivity index (χ0) is 13.0. The standard InChI is InChI=1S/C11H14N2O4/c1-8(11(14)15)12(2)7-9-5-3-4-6-10(9)13(16)17/h3-6,8H,7H2,1-2H3,(H,14,15). The van der Waals surface area contributed by atoms with Crippen molar-refractivity contribution in [2.75, 3.05) is 7.05 Å². The van der Waals surface area contributed by atoms with E-state index in [1.807, 2.05) is 0 Å². The van der Waals surface area contributed by atoms with Crippen molar-refractivity contribution in [2.24, 2.45) is 0 Å². The van der Waals surface area contributed by atoms with Gasteiger partial charge < -0.3 is 5.11 Å². The Kier molecular flexibility index (Phi) is 4.17. The lowest BCUT2D eigenvalue weighted by Crippen LogP contribution is -2.35. The fourth-order valence-electron chi connectivity index (χ4n) is 1.42. The lowest BCUT2D eigenvalue weighted by atomic mass is 10.1. The molecule has 0 heterocycles. The Morgan fingerprint density at radius 1 is 1.53 bits per heavy atom. The molecule has 1 rings (SSSR count). The van der Waals surface area contributed by atoms with Gasteiger partial charge in [0.25, 0.3) is 5.69 Å². The molecule has 1 aromatic carbocycles. The summed E-state index contributed by atoms with van der Waals surface area (Å²) in [5.41, 5.74) is 0.519. The molecule has 0 fully saturated rings. The molecule has 92 valence electrons. The van der Waals surface area contributed by atoms with Crippen LogP contribution < -0.4 is 0 Å². The van der Waals surface area contributed by atoms with Gasteiger partial charge >= 0.3 is 5.97 Å². The Labute approximate surface area is 98.6 Å². The largest absolute Gasteiger partial charge is 0.480 e. The summed E-state index contributed by atoms with van der Waals surface area (Å²) in [7, 11) is 1.62. The summed E-state index contributed by atoms with van der Waals surface area (Å²) in [6.45, 7) is 1.77. The van der Waals surface area contributed by atoms with Crippen molar-refractivity contribution in [3.05, 3.63) is 39.9 Å². The second-order valence-corrected chi connectivity index (χ2v) is 3.82. The Morgan fingerprint density at radius 2 is 2.12 bits per heavy atom. The number of hydrogen-bond donors (Lipinski definition) is 1. The van der Waals surface area contributed by atoms with E-state index in [1.165, 1.54) is 13.0 Å². The molecule has 1 unspecified atom stereocenters. The molecule has 6 heteroatoms. The monoisotopic (exact) mass is 238 g/mol. The number of carbonyl (C=O) groups is 1. The molecule has 0 aliphatic heterocycles. The fourth-order valence-corrected chi connectivity index (χ4v) is 1.42. The third-order valence-corrected chi connectivity index (χ3v) is 2.63. The van der Waals surface area contributed by atoms with Crippen LogP contribution in [-0.2, 0) is 11.3 Å². The quantitative estimate of drug-likeness (QED) is 0.620. The fraction of sp³-hybridized carbons (Fsp3) is 0.364. The minimum absolute atomic E-state index is 0.0111. The van der Waals surface area contributed by atoms with Gasteiger partial charge in [-0.15, -0.1) is 0 Å². The number of carboxylic acids is 1. The Hall–Kier alpha value is -1.95. The van der Waals surface area contributed by atoms with Crippen molar-refractivity contribution in [3.63, 3.8) is 0 Å². The number of nitrogens with zero attached hydrogens (tertiary/aromatic N) is 2. The molecular formula is C11H14N2O4. The van der Waals surface area contributed by atoms with Crippen LogP contribution in [0.1, 0.15) is 12.5 Å². The molecular weight excluding hydrogens is 224 g/mol. The van der Waals surface area contributed by atoms with Crippen molar-refractivity contribution in [2.45, 2.75) is 19.5 Å². The van der Waals surface area contributed by atoms with Gasteiger partial charge in [0, 0.05) is 18.2 Å². The van der Waals surface area contributed by atoms with Gasteiger partial charge in [-0.1, -0.05) is 18.2 Å². The Balaban J connectivity index is 2.88. The van der Waals surface area contributed by atoms with Gasteiger partial charge in [-0.3, -0.25) is 19.8 Å². The van der Waals surface area contributed by atoms with Gasteiger partial charge in [0.05, 0.1) is 4.92 Å². The number of nitro benzene ring substituents is 1. The highest BCUT2D eigenvalue weighted by molar-refractivity contribution is 5.72. The van der Waals surface area contributed by atoms with E-state index in [-0.39, 0.29) is 12.2 Å². The van der Waals surface area contributed by atoms with Crippen molar-refractivity contribution in [1.29, 1.82) is 0 Å². The molecule has 6 nitrogen and oxygen atoms in total. The number of rotatable bonds is 5. The maximum absolute atomic E-state index is 10.8. The second-order valence-electron chi connectivity index (χ2n) is 3.82. The van der Waals surface area contributed by atoms with Gasteiger partial charge in [0.2, 0.25) is 0 Å². The Bertz CT molecular complexity index is 433. The molecule has 0 saturated carbocycles. The van der Waals surface area contributed by atoms with E-state index in [0.717, 1.165) is 0 Å². The first kappa shape index (κ1) is 13.1.